The predicted octanol–water partition coefficient (Wildman–Crippen LogP) is 5.39. The average Bonchev–Trinajstić information content (AvgIpc) is 3.11. The molecule has 0 spiro atoms. The van der Waals surface area contributed by atoms with Crippen LogP contribution in [0.2, 0.25) is 10.0 Å². The molecule has 0 aliphatic heterocycles. The van der Waals surface area contributed by atoms with Gasteiger partial charge in [0.2, 0.25) is 5.91 Å². The summed E-state index contributed by atoms with van der Waals surface area (Å²) in [5.41, 5.74) is 1.74. The highest BCUT2D eigenvalue weighted by molar-refractivity contribution is 7.99. The summed E-state index contributed by atoms with van der Waals surface area (Å²) in [4.78, 5) is 12.3. The van der Waals surface area contributed by atoms with E-state index in [-0.39, 0.29) is 18.3 Å². The Kier molecular flexibility index (Phi) is 7.79. The van der Waals surface area contributed by atoms with E-state index in [9.17, 15) is 4.79 Å². The van der Waals surface area contributed by atoms with Crippen LogP contribution in [0.4, 0.5) is 5.69 Å². The Balaban J connectivity index is 1.60. The maximum absolute atomic E-state index is 12.3. The van der Waals surface area contributed by atoms with Crippen LogP contribution in [0.25, 0.3) is 0 Å². The Bertz CT molecular complexity index is 1040. The minimum Gasteiger partial charge on any atom is -0.486 e. The van der Waals surface area contributed by atoms with Crippen LogP contribution in [0.5, 0.6) is 5.75 Å². The van der Waals surface area contributed by atoms with E-state index >= 15 is 0 Å². The number of aromatic nitrogens is 3. The van der Waals surface area contributed by atoms with E-state index in [2.05, 4.69) is 22.1 Å². The fraction of sp³-hybridized carbons (Fsp3) is 0.190. The molecule has 2 aromatic carbocycles. The molecular weight excluding hydrogens is 443 g/mol. The number of ether oxygens (including phenoxy) is 1. The van der Waals surface area contributed by atoms with Crippen LogP contribution in [-0.2, 0) is 17.9 Å². The molecule has 1 amide bonds. The first kappa shape index (κ1) is 22.2. The minimum atomic E-state index is -0.191. The minimum absolute atomic E-state index is 0.161. The van der Waals surface area contributed by atoms with Crippen LogP contribution in [0.15, 0.2) is 60.3 Å². The number of benzene rings is 2. The molecule has 0 aliphatic carbocycles. The number of anilines is 1. The van der Waals surface area contributed by atoms with Crippen molar-refractivity contribution >= 4 is 46.6 Å². The largest absolute Gasteiger partial charge is 0.486 e. The lowest BCUT2D eigenvalue weighted by Gasteiger charge is -2.10. The summed E-state index contributed by atoms with van der Waals surface area (Å²) in [6.07, 6.45) is 1.75. The van der Waals surface area contributed by atoms with E-state index < -0.39 is 0 Å². The molecule has 0 saturated heterocycles. The molecule has 0 unspecified atom stereocenters. The van der Waals surface area contributed by atoms with E-state index in [1.165, 1.54) is 11.8 Å². The number of nitrogens with one attached hydrogen (secondary N) is 1. The summed E-state index contributed by atoms with van der Waals surface area (Å²) in [5.74, 6) is 1.38. The maximum Gasteiger partial charge on any atom is 0.234 e. The number of carbonyl (C=O) groups is 1. The standard InChI is InChI=1S/C21H20Cl2N4O2S/c1-3-10-27-19(12-29-16-7-4-14(2)5-8-16)25-26-21(27)30-13-20(28)24-15-6-9-17(22)18(23)11-15/h3-9,11H,1,10,12-13H2,2H3,(H,24,28). The first-order valence-electron chi connectivity index (χ1n) is 9.06. The molecule has 1 N–H and O–H groups in total. The van der Waals surface area contributed by atoms with Crippen LogP contribution in [-0.4, -0.2) is 26.4 Å². The zero-order chi connectivity index (χ0) is 21.5. The first-order chi connectivity index (χ1) is 14.5. The number of aryl methyl sites for hydroxylation is 1. The highest BCUT2D eigenvalue weighted by Crippen LogP contribution is 2.25. The van der Waals surface area contributed by atoms with Gasteiger partial charge in [0.05, 0.1) is 15.8 Å². The maximum atomic E-state index is 12.3. The van der Waals surface area contributed by atoms with Crippen molar-refractivity contribution in [3.05, 3.63) is 76.6 Å². The number of amides is 1. The van der Waals surface area contributed by atoms with Crippen LogP contribution in [0.1, 0.15) is 11.4 Å². The van der Waals surface area contributed by atoms with Crippen molar-refractivity contribution < 1.29 is 9.53 Å². The van der Waals surface area contributed by atoms with Crippen molar-refractivity contribution in [3.63, 3.8) is 0 Å². The van der Waals surface area contributed by atoms with Gasteiger partial charge in [0, 0.05) is 12.2 Å². The third-order valence-corrected chi connectivity index (χ3v) is 5.74. The summed E-state index contributed by atoms with van der Waals surface area (Å²) in [5, 5.41) is 12.6. The van der Waals surface area contributed by atoms with E-state index in [1.54, 1.807) is 24.3 Å². The number of rotatable bonds is 9. The third-order valence-electron chi connectivity index (χ3n) is 4.03. The Hall–Kier alpha value is -2.48. The molecule has 30 heavy (non-hydrogen) atoms. The van der Waals surface area contributed by atoms with Gasteiger partial charge in [0.15, 0.2) is 11.0 Å². The van der Waals surface area contributed by atoms with Crippen molar-refractivity contribution in [3.8, 4) is 5.75 Å². The van der Waals surface area contributed by atoms with Crippen molar-refractivity contribution in [2.45, 2.75) is 25.2 Å². The Morgan fingerprint density at radius 2 is 1.97 bits per heavy atom. The second kappa shape index (κ2) is 10.5. The molecule has 0 radical (unpaired) electrons. The molecular formula is C21H20Cl2N4O2S. The van der Waals surface area contributed by atoms with Crippen LogP contribution < -0.4 is 10.1 Å². The van der Waals surface area contributed by atoms with Gasteiger partial charge in [-0.15, -0.1) is 16.8 Å². The summed E-state index contributed by atoms with van der Waals surface area (Å²) >= 11 is 13.2. The molecule has 0 atom stereocenters. The molecule has 0 bridgehead atoms. The van der Waals surface area contributed by atoms with Gasteiger partial charge in [-0.05, 0) is 37.3 Å². The first-order valence-corrected chi connectivity index (χ1v) is 10.8. The highest BCUT2D eigenvalue weighted by atomic mass is 35.5. The van der Waals surface area contributed by atoms with Crippen LogP contribution >= 0.6 is 35.0 Å². The monoisotopic (exact) mass is 462 g/mol. The summed E-state index contributed by atoms with van der Waals surface area (Å²) in [6, 6.07) is 12.7. The van der Waals surface area contributed by atoms with Crippen molar-refractivity contribution in [1.82, 2.24) is 14.8 Å². The smallest absolute Gasteiger partial charge is 0.234 e. The van der Waals surface area contributed by atoms with Gasteiger partial charge in [-0.1, -0.05) is 58.7 Å². The normalized spacial score (nSPS) is 10.6. The topological polar surface area (TPSA) is 69.0 Å². The van der Waals surface area contributed by atoms with Crippen LogP contribution in [0, 0.1) is 6.92 Å². The molecule has 1 heterocycles. The number of thioether (sulfide) groups is 1. The Morgan fingerprint density at radius 1 is 1.20 bits per heavy atom. The number of nitrogens with zero attached hydrogens (tertiary/aromatic N) is 3. The molecule has 3 aromatic rings. The number of hydrogen-bond acceptors (Lipinski definition) is 5. The number of allylic oxidation sites excluding steroid dienone is 1. The van der Waals surface area contributed by atoms with Gasteiger partial charge in [0.25, 0.3) is 0 Å². The molecule has 156 valence electrons. The molecule has 9 heteroatoms. The fourth-order valence-corrected chi connectivity index (χ4v) is 3.59. The van der Waals surface area contributed by atoms with Crippen molar-refractivity contribution in [1.29, 1.82) is 0 Å². The molecule has 1 aromatic heterocycles. The average molecular weight is 463 g/mol. The lowest BCUT2D eigenvalue weighted by atomic mass is 10.2. The molecule has 3 rings (SSSR count). The summed E-state index contributed by atoms with van der Waals surface area (Å²) in [7, 11) is 0. The van der Waals surface area contributed by atoms with E-state index in [4.69, 9.17) is 27.9 Å². The SMILES string of the molecule is C=CCn1c(COc2ccc(C)cc2)nnc1SCC(=O)Nc1ccc(Cl)c(Cl)c1. The zero-order valence-electron chi connectivity index (χ0n) is 16.3. The van der Waals surface area contributed by atoms with E-state index in [1.807, 2.05) is 35.8 Å². The number of halogens is 2. The lowest BCUT2D eigenvalue weighted by molar-refractivity contribution is -0.113. The Labute approximate surface area is 189 Å². The second-order valence-electron chi connectivity index (χ2n) is 6.37. The van der Waals surface area contributed by atoms with Gasteiger partial charge < -0.3 is 10.1 Å². The predicted molar refractivity (Wildman–Crippen MR) is 122 cm³/mol. The van der Waals surface area contributed by atoms with E-state index in [0.29, 0.717) is 33.3 Å². The second-order valence-corrected chi connectivity index (χ2v) is 8.12. The summed E-state index contributed by atoms with van der Waals surface area (Å²) < 4.78 is 7.68. The van der Waals surface area contributed by atoms with Gasteiger partial charge in [-0.3, -0.25) is 9.36 Å². The zero-order valence-corrected chi connectivity index (χ0v) is 18.6. The summed E-state index contributed by atoms with van der Waals surface area (Å²) in [6.45, 7) is 6.58. The lowest BCUT2D eigenvalue weighted by Crippen LogP contribution is -2.15. The number of carbonyl (C=O) groups excluding carboxylic acids is 1. The van der Waals surface area contributed by atoms with Crippen molar-refractivity contribution in [2.24, 2.45) is 0 Å². The van der Waals surface area contributed by atoms with Crippen LogP contribution in [0.3, 0.4) is 0 Å². The highest BCUT2D eigenvalue weighted by Gasteiger charge is 2.14. The van der Waals surface area contributed by atoms with Gasteiger partial charge in [-0.2, -0.15) is 0 Å². The molecule has 6 nitrogen and oxygen atoms in total. The fourth-order valence-electron chi connectivity index (χ4n) is 2.53. The van der Waals surface area contributed by atoms with Gasteiger partial charge in [0.1, 0.15) is 12.4 Å². The van der Waals surface area contributed by atoms with Gasteiger partial charge in [-0.25, -0.2) is 0 Å². The molecule has 0 fully saturated rings. The third kappa shape index (κ3) is 6.01. The Morgan fingerprint density at radius 3 is 2.67 bits per heavy atom. The molecule has 0 aliphatic rings. The van der Waals surface area contributed by atoms with Gasteiger partial charge >= 0.3 is 0 Å². The molecule has 0 saturated carbocycles. The van der Waals surface area contributed by atoms with Crippen molar-refractivity contribution in [2.75, 3.05) is 11.1 Å². The quantitative estimate of drug-likeness (QED) is 0.341. The van der Waals surface area contributed by atoms with E-state index in [0.717, 1.165) is 11.3 Å². The number of hydrogen-bond donors (Lipinski definition) is 1.